The van der Waals surface area contributed by atoms with Gasteiger partial charge >= 0.3 is 5.97 Å². The van der Waals surface area contributed by atoms with Gasteiger partial charge in [0.2, 0.25) is 0 Å². The van der Waals surface area contributed by atoms with Crippen molar-refractivity contribution in [1.29, 1.82) is 0 Å². The Morgan fingerprint density at radius 3 is 2.62 bits per heavy atom. The highest BCUT2D eigenvalue weighted by Gasteiger charge is 2.48. The predicted octanol–water partition coefficient (Wildman–Crippen LogP) is 1.78. The molecule has 4 rings (SSSR count). The van der Waals surface area contributed by atoms with Gasteiger partial charge in [-0.15, -0.1) is 0 Å². The zero-order valence-corrected chi connectivity index (χ0v) is 13.5. The third kappa shape index (κ3) is 3.01. The second-order valence-corrected chi connectivity index (χ2v) is 6.35. The molecule has 0 spiro atoms. The van der Waals surface area contributed by atoms with Crippen LogP contribution in [0.1, 0.15) is 18.4 Å². The van der Waals surface area contributed by atoms with Crippen LogP contribution >= 0.6 is 0 Å². The Morgan fingerprint density at radius 1 is 1.29 bits per heavy atom. The highest BCUT2D eigenvalue weighted by atomic mass is 16.5. The fraction of sp³-hybridized carbons (Fsp3) is 0.444. The quantitative estimate of drug-likeness (QED) is 0.800. The van der Waals surface area contributed by atoms with E-state index in [1.165, 1.54) is 19.3 Å². The average Bonchev–Trinajstić information content (AvgIpc) is 2.60. The van der Waals surface area contributed by atoms with E-state index >= 15 is 0 Å². The van der Waals surface area contributed by atoms with E-state index in [1.807, 2.05) is 4.90 Å². The Hall–Kier alpha value is -2.34. The predicted molar refractivity (Wildman–Crippen MR) is 87.9 cm³/mol. The smallest absolute Gasteiger partial charge is 0.321 e. The first-order valence-electron chi connectivity index (χ1n) is 8.07. The van der Waals surface area contributed by atoms with E-state index in [9.17, 15) is 19.8 Å². The van der Waals surface area contributed by atoms with Crippen molar-refractivity contribution in [2.75, 3.05) is 20.2 Å². The second kappa shape index (κ2) is 6.65. The molecule has 2 bridgehead atoms. The van der Waals surface area contributed by atoms with Crippen molar-refractivity contribution >= 4 is 17.8 Å². The molecule has 2 N–H and O–H groups in total. The van der Waals surface area contributed by atoms with Crippen LogP contribution in [0.3, 0.4) is 0 Å². The lowest BCUT2D eigenvalue weighted by Crippen LogP contribution is -2.60. The molecule has 2 unspecified atom stereocenters. The Kier molecular flexibility index (Phi) is 4.57. The van der Waals surface area contributed by atoms with Gasteiger partial charge in [0.25, 0.3) is 0 Å². The molecule has 3 fully saturated rings. The molecular formula is C18H21NO5. The Morgan fingerprint density at radius 2 is 2.00 bits per heavy atom. The zero-order valence-electron chi connectivity index (χ0n) is 13.5. The van der Waals surface area contributed by atoms with E-state index < -0.39 is 17.9 Å². The third-order valence-electron chi connectivity index (χ3n) is 5.04. The number of phenolic OH excluding ortho intramolecular Hbond substituents is 1. The highest BCUT2D eigenvalue weighted by Crippen LogP contribution is 2.38. The number of phenols is 1. The number of ether oxygens (including phenoxy) is 1. The average molecular weight is 331 g/mol. The number of hydrogen-bond acceptors (Lipinski definition) is 5. The molecule has 128 valence electrons. The highest BCUT2D eigenvalue weighted by molar-refractivity contribution is 5.99. The standard InChI is InChI=1S/C18H21NO5/c1-24-15-10-11(2-4-13(15)20)3-5-14(21)16-12-6-8-19(9-7-12)17(16)18(22)23/h2-5,10,12,16-17,20H,6-9H2,1H3,(H,22,23)/b5-3+. The summed E-state index contributed by atoms with van der Waals surface area (Å²) in [6, 6.07) is 4.08. The minimum absolute atomic E-state index is 0.0318. The summed E-state index contributed by atoms with van der Waals surface area (Å²) in [6.45, 7) is 1.51. The Bertz CT molecular complexity index is 676. The molecule has 3 saturated heterocycles. The third-order valence-corrected chi connectivity index (χ3v) is 5.04. The molecule has 6 heteroatoms. The number of benzene rings is 1. The summed E-state index contributed by atoms with van der Waals surface area (Å²) >= 11 is 0. The Labute approximate surface area is 140 Å². The van der Waals surface area contributed by atoms with E-state index in [2.05, 4.69) is 0 Å². The van der Waals surface area contributed by atoms with Crippen molar-refractivity contribution in [3.05, 3.63) is 29.8 Å². The summed E-state index contributed by atoms with van der Waals surface area (Å²) < 4.78 is 5.04. The number of rotatable bonds is 5. The molecule has 0 radical (unpaired) electrons. The number of carboxylic acids is 1. The fourth-order valence-corrected chi connectivity index (χ4v) is 3.83. The van der Waals surface area contributed by atoms with Crippen LogP contribution in [-0.4, -0.2) is 53.1 Å². The number of piperidine rings is 3. The van der Waals surface area contributed by atoms with Gasteiger partial charge in [-0.05, 0) is 55.6 Å². The van der Waals surface area contributed by atoms with Gasteiger partial charge in [0.15, 0.2) is 17.3 Å². The van der Waals surface area contributed by atoms with Crippen LogP contribution in [-0.2, 0) is 9.59 Å². The number of methoxy groups -OCH3 is 1. The van der Waals surface area contributed by atoms with Crippen LogP contribution in [0.5, 0.6) is 11.5 Å². The number of hydrogen-bond donors (Lipinski definition) is 2. The monoisotopic (exact) mass is 331 g/mol. The van der Waals surface area contributed by atoms with Gasteiger partial charge in [0.05, 0.1) is 13.0 Å². The summed E-state index contributed by atoms with van der Waals surface area (Å²) in [5.74, 6) is -1.05. The molecule has 0 aliphatic carbocycles. The lowest BCUT2D eigenvalue weighted by molar-refractivity contribution is -0.156. The minimum atomic E-state index is -0.919. The van der Waals surface area contributed by atoms with Crippen LogP contribution in [0.25, 0.3) is 6.08 Å². The fourth-order valence-electron chi connectivity index (χ4n) is 3.83. The first kappa shape index (κ1) is 16.5. The van der Waals surface area contributed by atoms with E-state index in [-0.39, 0.29) is 17.5 Å². The van der Waals surface area contributed by atoms with E-state index in [0.717, 1.165) is 25.9 Å². The van der Waals surface area contributed by atoms with Crippen molar-refractivity contribution < 1.29 is 24.5 Å². The lowest BCUT2D eigenvalue weighted by Gasteiger charge is -2.48. The number of allylic oxidation sites excluding steroid dienone is 1. The molecule has 1 aromatic rings. The number of carboxylic acid groups (broad SMARTS) is 1. The number of aromatic hydroxyl groups is 1. The van der Waals surface area contributed by atoms with Crippen molar-refractivity contribution in [3.8, 4) is 11.5 Å². The van der Waals surface area contributed by atoms with E-state index in [1.54, 1.807) is 18.2 Å². The maximum atomic E-state index is 12.6. The topological polar surface area (TPSA) is 87.1 Å². The van der Waals surface area contributed by atoms with Crippen LogP contribution in [0, 0.1) is 11.8 Å². The van der Waals surface area contributed by atoms with Crippen LogP contribution in [0.2, 0.25) is 0 Å². The first-order chi connectivity index (χ1) is 11.5. The van der Waals surface area contributed by atoms with E-state index in [0.29, 0.717) is 11.3 Å². The molecule has 3 heterocycles. The molecular weight excluding hydrogens is 310 g/mol. The van der Waals surface area contributed by atoms with E-state index in [4.69, 9.17) is 4.74 Å². The largest absolute Gasteiger partial charge is 0.504 e. The maximum Gasteiger partial charge on any atom is 0.321 e. The zero-order chi connectivity index (χ0) is 17.3. The summed E-state index contributed by atoms with van der Waals surface area (Å²) in [7, 11) is 1.46. The van der Waals surface area contributed by atoms with Crippen LogP contribution in [0.4, 0.5) is 0 Å². The van der Waals surface area contributed by atoms with Crippen molar-refractivity contribution in [2.45, 2.75) is 18.9 Å². The van der Waals surface area contributed by atoms with Crippen LogP contribution < -0.4 is 4.74 Å². The van der Waals surface area contributed by atoms with Crippen molar-refractivity contribution in [1.82, 2.24) is 4.90 Å². The van der Waals surface area contributed by atoms with Crippen LogP contribution in [0.15, 0.2) is 24.3 Å². The number of fused-ring (bicyclic) bond motifs is 3. The van der Waals surface area contributed by atoms with Gasteiger partial charge in [-0.1, -0.05) is 12.1 Å². The molecule has 3 aliphatic heterocycles. The molecule has 2 atom stereocenters. The molecule has 3 aliphatic rings. The summed E-state index contributed by atoms with van der Waals surface area (Å²) in [5, 5.41) is 19.1. The first-order valence-corrected chi connectivity index (χ1v) is 8.07. The van der Waals surface area contributed by atoms with Gasteiger partial charge < -0.3 is 14.9 Å². The number of nitrogens with zero attached hydrogens (tertiary/aromatic N) is 1. The number of aliphatic carboxylic acids is 1. The second-order valence-electron chi connectivity index (χ2n) is 6.35. The maximum absolute atomic E-state index is 12.6. The number of carbonyl (C=O) groups is 2. The summed E-state index contributed by atoms with van der Waals surface area (Å²) in [6.07, 6.45) is 4.84. The summed E-state index contributed by atoms with van der Waals surface area (Å²) in [5.41, 5.74) is 0.714. The normalized spacial score (nSPS) is 28.9. The molecule has 1 aromatic carbocycles. The van der Waals surface area contributed by atoms with Crippen molar-refractivity contribution in [3.63, 3.8) is 0 Å². The molecule has 0 amide bonds. The van der Waals surface area contributed by atoms with Crippen molar-refractivity contribution in [2.24, 2.45) is 11.8 Å². The number of ketones is 1. The number of carbonyl (C=O) groups excluding carboxylic acids is 1. The van der Waals surface area contributed by atoms with Gasteiger partial charge in [0, 0.05) is 0 Å². The lowest BCUT2D eigenvalue weighted by atomic mass is 9.71. The van der Waals surface area contributed by atoms with Gasteiger partial charge in [0.1, 0.15) is 6.04 Å². The van der Waals surface area contributed by atoms with Gasteiger partial charge in [-0.25, -0.2) is 0 Å². The SMILES string of the molecule is COc1cc(/C=C/C(=O)C2C3CCN(CC3)C2C(=O)O)ccc1O. The Balaban J connectivity index is 1.79. The van der Waals surface area contributed by atoms with Gasteiger partial charge in [-0.2, -0.15) is 0 Å². The molecule has 0 aromatic heterocycles. The molecule has 24 heavy (non-hydrogen) atoms. The molecule has 6 nitrogen and oxygen atoms in total. The minimum Gasteiger partial charge on any atom is -0.504 e. The van der Waals surface area contributed by atoms with Gasteiger partial charge in [-0.3, -0.25) is 14.5 Å². The summed E-state index contributed by atoms with van der Waals surface area (Å²) in [4.78, 5) is 26.1. The molecule has 0 saturated carbocycles.